The van der Waals surface area contributed by atoms with Gasteiger partial charge in [-0.15, -0.1) is 0 Å². The monoisotopic (exact) mass is 299 g/mol. The highest BCUT2D eigenvalue weighted by atomic mass is 35.5. The normalized spacial score (nSPS) is 11.3. The Kier molecular flexibility index (Phi) is 3.78. The molecule has 0 amide bonds. The Bertz CT molecular complexity index is 716. The van der Waals surface area contributed by atoms with Gasteiger partial charge in [0.2, 0.25) is 0 Å². The number of hydrogen-bond acceptors (Lipinski definition) is 2. The van der Waals surface area contributed by atoms with Gasteiger partial charge in [0.25, 0.3) is 10.0 Å². The molecule has 2 rings (SSSR count). The molecule has 0 spiro atoms. The van der Waals surface area contributed by atoms with Gasteiger partial charge in [0.05, 0.1) is 5.69 Å². The van der Waals surface area contributed by atoms with Gasteiger partial charge >= 0.3 is 0 Å². The smallest absolute Gasteiger partial charge is 0.264 e. The highest BCUT2D eigenvalue weighted by Gasteiger charge is 2.18. The van der Waals surface area contributed by atoms with Crippen molar-refractivity contribution in [2.45, 2.75) is 11.8 Å². The fraction of sp³-hybridized carbons (Fsp3) is 0.0769. The third-order valence-electron chi connectivity index (χ3n) is 2.55. The molecule has 1 N–H and O–H groups in total. The van der Waals surface area contributed by atoms with Crippen LogP contribution in [0.1, 0.15) is 5.56 Å². The first-order valence-corrected chi connectivity index (χ1v) is 7.30. The highest BCUT2D eigenvalue weighted by molar-refractivity contribution is 7.92. The van der Waals surface area contributed by atoms with Crippen molar-refractivity contribution in [3.63, 3.8) is 0 Å². The van der Waals surface area contributed by atoms with Gasteiger partial charge in [0, 0.05) is 5.02 Å². The van der Waals surface area contributed by atoms with E-state index < -0.39 is 20.7 Å². The number of rotatable bonds is 3. The van der Waals surface area contributed by atoms with Crippen molar-refractivity contribution in [3.05, 3.63) is 58.9 Å². The fourth-order valence-corrected chi connectivity index (χ4v) is 2.84. The van der Waals surface area contributed by atoms with Gasteiger partial charge in [0.15, 0.2) is 0 Å². The predicted molar refractivity (Wildman–Crippen MR) is 73.4 cm³/mol. The Labute approximate surface area is 116 Å². The fourth-order valence-electron chi connectivity index (χ4n) is 1.53. The molecule has 0 heterocycles. The summed E-state index contributed by atoms with van der Waals surface area (Å²) in [5.74, 6) is -0.798. The van der Waals surface area contributed by atoms with E-state index in [4.69, 9.17) is 11.6 Å². The van der Waals surface area contributed by atoms with Crippen LogP contribution < -0.4 is 4.72 Å². The van der Waals surface area contributed by atoms with E-state index in [1.807, 2.05) is 0 Å². The van der Waals surface area contributed by atoms with Crippen LogP contribution in [0.25, 0.3) is 0 Å². The third-order valence-corrected chi connectivity index (χ3v) is 4.37. The minimum Gasteiger partial charge on any atom is -0.279 e. The summed E-state index contributed by atoms with van der Waals surface area (Å²) in [6, 6.07) is 9.91. The second-order valence-electron chi connectivity index (χ2n) is 4.00. The van der Waals surface area contributed by atoms with Gasteiger partial charge < -0.3 is 0 Å². The Morgan fingerprint density at radius 1 is 1.16 bits per heavy atom. The first kappa shape index (κ1) is 13.8. The number of benzene rings is 2. The van der Waals surface area contributed by atoms with Gasteiger partial charge in [-0.3, -0.25) is 4.72 Å². The molecule has 0 aliphatic carbocycles. The molecule has 0 fully saturated rings. The van der Waals surface area contributed by atoms with Gasteiger partial charge in [-0.25, -0.2) is 12.8 Å². The highest BCUT2D eigenvalue weighted by Crippen LogP contribution is 2.23. The lowest BCUT2D eigenvalue weighted by molar-refractivity contribution is 0.570. The van der Waals surface area contributed by atoms with Gasteiger partial charge in [-0.1, -0.05) is 29.8 Å². The first-order chi connectivity index (χ1) is 8.90. The van der Waals surface area contributed by atoms with Crippen molar-refractivity contribution < 1.29 is 12.8 Å². The summed E-state index contributed by atoms with van der Waals surface area (Å²) in [5.41, 5.74) is 1.12. The molecular weight excluding hydrogens is 289 g/mol. The zero-order valence-electron chi connectivity index (χ0n) is 10.0. The Morgan fingerprint density at radius 2 is 1.84 bits per heavy atom. The van der Waals surface area contributed by atoms with Crippen LogP contribution in [0.15, 0.2) is 47.4 Å². The Balaban J connectivity index is 2.37. The molecule has 0 aliphatic heterocycles. The molecule has 0 aromatic heterocycles. The third kappa shape index (κ3) is 3.05. The Hall–Kier alpha value is -1.59. The summed E-state index contributed by atoms with van der Waals surface area (Å²) in [6.07, 6.45) is 0. The van der Waals surface area contributed by atoms with Crippen LogP contribution in [0.2, 0.25) is 5.02 Å². The molecule has 0 radical (unpaired) electrons. The molecule has 0 atom stereocenters. The number of sulfonamides is 1. The molecule has 2 aromatic rings. The van der Waals surface area contributed by atoms with Crippen LogP contribution in [0.5, 0.6) is 0 Å². The van der Waals surface area contributed by atoms with Crippen molar-refractivity contribution in [3.8, 4) is 0 Å². The second kappa shape index (κ2) is 5.19. The lowest BCUT2D eigenvalue weighted by Crippen LogP contribution is -2.14. The van der Waals surface area contributed by atoms with Crippen LogP contribution in [-0.4, -0.2) is 8.42 Å². The van der Waals surface area contributed by atoms with Crippen LogP contribution >= 0.6 is 11.6 Å². The molecule has 19 heavy (non-hydrogen) atoms. The molecule has 0 saturated carbocycles. The maximum atomic E-state index is 13.5. The van der Waals surface area contributed by atoms with Gasteiger partial charge in [0.1, 0.15) is 10.7 Å². The average molecular weight is 300 g/mol. The molecule has 0 saturated heterocycles. The van der Waals surface area contributed by atoms with E-state index in [9.17, 15) is 12.8 Å². The SMILES string of the molecule is Cc1ccc(NS(=O)(=O)c2ccccc2F)cc1Cl. The number of nitrogens with one attached hydrogen (secondary N) is 1. The molecule has 0 bridgehead atoms. The molecule has 0 unspecified atom stereocenters. The molecule has 6 heteroatoms. The Morgan fingerprint density at radius 3 is 2.47 bits per heavy atom. The summed E-state index contributed by atoms with van der Waals surface area (Å²) < 4.78 is 39.8. The van der Waals surface area contributed by atoms with E-state index in [1.54, 1.807) is 19.1 Å². The molecule has 100 valence electrons. The number of aryl methyl sites for hydroxylation is 1. The van der Waals surface area contributed by atoms with Crippen LogP contribution in [0.3, 0.4) is 0 Å². The van der Waals surface area contributed by atoms with Crippen molar-refractivity contribution in [1.29, 1.82) is 0 Å². The van der Waals surface area contributed by atoms with Crippen LogP contribution in [-0.2, 0) is 10.0 Å². The zero-order chi connectivity index (χ0) is 14.0. The quantitative estimate of drug-likeness (QED) is 0.941. The van der Waals surface area contributed by atoms with E-state index in [1.165, 1.54) is 24.3 Å². The number of halogens is 2. The molecule has 2 aromatic carbocycles. The first-order valence-electron chi connectivity index (χ1n) is 5.43. The topological polar surface area (TPSA) is 46.2 Å². The van der Waals surface area contributed by atoms with Crippen molar-refractivity contribution in [2.75, 3.05) is 4.72 Å². The van der Waals surface area contributed by atoms with E-state index in [0.717, 1.165) is 11.6 Å². The van der Waals surface area contributed by atoms with Crippen molar-refractivity contribution in [1.82, 2.24) is 0 Å². The largest absolute Gasteiger partial charge is 0.279 e. The maximum absolute atomic E-state index is 13.5. The van der Waals surface area contributed by atoms with Crippen LogP contribution in [0.4, 0.5) is 10.1 Å². The maximum Gasteiger partial charge on any atom is 0.264 e. The summed E-state index contributed by atoms with van der Waals surface area (Å²) >= 11 is 5.91. The minimum absolute atomic E-state index is 0.291. The van der Waals surface area contributed by atoms with Crippen LogP contribution in [0, 0.1) is 12.7 Å². The molecule has 3 nitrogen and oxygen atoms in total. The summed E-state index contributed by atoms with van der Waals surface area (Å²) in [5, 5.41) is 0.439. The van der Waals surface area contributed by atoms with Crippen molar-refractivity contribution in [2.24, 2.45) is 0 Å². The predicted octanol–water partition coefficient (Wildman–Crippen LogP) is 3.59. The zero-order valence-corrected chi connectivity index (χ0v) is 11.6. The van der Waals surface area contributed by atoms with E-state index >= 15 is 0 Å². The summed E-state index contributed by atoms with van der Waals surface area (Å²) in [6.45, 7) is 1.80. The molecular formula is C13H11ClFNO2S. The lowest BCUT2D eigenvalue weighted by Gasteiger charge is -2.09. The summed E-state index contributed by atoms with van der Waals surface area (Å²) in [4.78, 5) is -0.397. The summed E-state index contributed by atoms with van der Waals surface area (Å²) in [7, 11) is -3.96. The average Bonchev–Trinajstić information content (AvgIpc) is 2.34. The van der Waals surface area contributed by atoms with Gasteiger partial charge in [-0.05, 0) is 36.8 Å². The number of hydrogen-bond donors (Lipinski definition) is 1. The van der Waals surface area contributed by atoms with Gasteiger partial charge in [-0.2, -0.15) is 0 Å². The lowest BCUT2D eigenvalue weighted by atomic mass is 10.2. The second-order valence-corrected chi connectivity index (χ2v) is 6.06. The van der Waals surface area contributed by atoms with E-state index in [-0.39, 0.29) is 0 Å². The standard InChI is InChI=1S/C13H11ClFNO2S/c1-9-6-7-10(8-11(9)14)16-19(17,18)13-5-3-2-4-12(13)15/h2-8,16H,1H3. The number of anilines is 1. The minimum atomic E-state index is -3.96. The van der Waals surface area contributed by atoms with E-state index in [0.29, 0.717) is 10.7 Å². The molecule has 0 aliphatic rings. The van der Waals surface area contributed by atoms with E-state index in [2.05, 4.69) is 4.72 Å². The van der Waals surface area contributed by atoms with Crippen molar-refractivity contribution >= 4 is 27.3 Å².